The van der Waals surface area contributed by atoms with E-state index in [9.17, 15) is 19.5 Å². The molecule has 0 unspecified atom stereocenters. The smallest absolute Gasteiger partial charge is 0.323 e. The summed E-state index contributed by atoms with van der Waals surface area (Å²) in [6, 6.07) is 12.9. The van der Waals surface area contributed by atoms with Crippen LogP contribution in [0.15, 0.2) is 48.5 Å². The maximum atomic E-state index is 14.2. The monoisotopic (exact) mass is 611 g/mol. The molecule has 5 amide bonds. The van der Waals surface area contributed by atoms with Crippen LogP contribution in [0.3, 0.4) is 0 Å². The molecule has 2 aromatic rings. The zero-order valence-corrected chi connectivity index (χ0v) is 26.8. The van der Waals surface area contributed by atoms with Crippen molar-refractivity contribution in [3.8, 4) is 5.75 Å². The van der Waals surface area contributed by atoms with Crippen LogP contribution in [0.4, 0.5) is 21.0 Å². The fourth-order valence-corrected chi connectivity index (χ4v) is 4.99. The Labute approximate surface area is 261 Å². The number of nitrogens with zero attached hydrogens (tertiary/aromatic N) is 2. The van der Waals surface area contributed by atoms with Crippen molar-refractivity contribution in [1.82, 2.24) is 15.1 Å². The molecule has 0 saturated heterocycles. The molecule has 11 heteroatoms. The quantitative estimate of drug-likeness (QED) is 0.341. The van der Waals surface area contributed by atoms with Crippen LogP contribution in [0.25, 0.3) is 0 Å². The van der Waals surface area contributed by atoms with Crippen LogP contribution < -0.4 is 20.7 Å². The van der Waals surface area contributed by atoms with Gasteiger partial charge in [-0.1, -0.05) is 25.1 Å². The summed E-state index contributed by atoms with van der Waals surface area (Å²) in [6.45, 7) is 10.4. The second-order valence-electron chi connectivity index (χ2n) is 11.9. The molecule has 11 nitrogen and oxygen atoms in total. The minimum Gasteiger partial charge on any atom is -0.490 e. The van der Waals surface area contributed by atoms with Crippen LogP contribution in [0.1, 0.15) is 64.2 Å². The van der Waals surface area contributed by atoms with Gasteiger partial charge in [-0.25, -0.2) is 9.59 Å². The largest absolute Gasteiger partial charge is 0.490 e. The molecule has 0 fully saturated rings. The lowest BCUT2D eigenvalue weighted by Gasteiger charge is -2.36. The lowest BCUT2D eigenvalue weighted by atomic mass is 10.0. The summed E-state index contributed by atoms with van der Waals surface area (Å²) in [5.74, 6) is -0.102. The molecule has 0 aromatic heterocycles. The number of fused-ring (bicyclic) bond motifs is 1. The average molecular weight is 612 g/mol. The topological polar surface area (TPSA) is 132 Å². The number of nitrogens with one attached hydrogen (secondary N) is 3. The number of carbonyl (C=O) groups excluding carboxylic acids is 3. The number of carbonyl (C=O) groups is 3. The molecule has 1 aliphatic rings. The molecular weight excluding hydrogens is 562 g/mol. The van der Waals surface area contributed by atoms with E-state index in [-0.39, 0.29) is 54.8 Å². The van der Waals surface area contributed by atoms with E-state index in [1.807, 2.05) is 45.9 Å². The Bertz CT molecular complexity index is 1230. The van der Waals surface area contributed by atoms with Gasteiger partial charge >= 0.3 is 12.1 Å². The molecule has 1 aliphatic heterocycles. The van der Waals surface area contributed by atoms with Crippen LogP contribution in [0.5, 0.6) is 5.75 Å². The van der Waals surface area contributed by atoms with E-state index >= 15 is 0 Å². The Morgan fingerprint density at radius 1 is 1.05 bits per heavy atom. The molecule has 0 aliphatic carbocycles. The third-order valence-electron chi connectivity index (χ3n) is 7.55. The lowest BCUT2D eigenvalue weighted by Crippen LogP contribution is -2.49. The van der Waals surface area contributed by atoms with E-state index in [0.717, 1.165) is 19.3 Å². The third kappa shape index (κ3) is 10.4. The highest BCUT2D eigenvalue weighted by Crippen LogP contribution is 2.28. The van der Waals surface area contributed by atoms with Gasteiger partial charge in [-0.2, -0.15) is 0 Å². The minimum absolute atomic E-state index is 0.00104. The third-order valence-corrected chi connectivity index (χ3v) is 7.55. The van der Waals surface area contributed by atoms with Crippen molar-refractivity contribution >= 4 is 29.3 Å². The van der Waals surface area contributed by atoms with Crippen LogP contribution in [0.2, 0.25) is 0 Å². The number of hydrogen-bond acceptors (Lipinski definition) is 6. The first-order chi connectivity index (χ1) is 21.0. The van der Waals surface area contributed by atoms with E-state index in [1.165, 1.54) is 0 Å². The summed E-state index contributed by atoms with van der Waals surface area (Å²) in [6.07, 6.45) is 1.92. The van der Waals surface area contributed by atoms with E-state index < -0.39 is 12.1 Å². The van der Waals surface area contributed by atoms with Gasteiger partial charge in [0.05, 0.1) is 30.4 Å². The molecule has 1 heterocycles. The Kier molecular flexibility index (Phi) is 13.3. The number of aliphatic hydroxyl groups is 1. The summed E-state index contributed by atoms with van der Waals surface area (Å²) in [5.41, 5.74) is 1.34. The van der Waals surface area contributed by atoms with Crippen molar-refractivity contribution < 1.29 is 29.0 Å². The molecule has 242 valence electrons. The van der Waals surface area contributed by atoms with Gasteiger partial charge in [0.1, 0.15) is 5.75 Å². The van der Waals surface area contributed by atoms with E-state index in [4.69, 9.17) is 9.47 Å². The molecule has 2 aromatic carbocycles. The molecule has 0 saturated carbocycles. The van der Waals surface area contributed by atoms with E-state index in [1.54, 1.807) is 54.1 Å². The summed E-state index contributed by atoms with van der Waals surface area (Å²) < 4.78 is 12.6. The Morgan fingerprint density at radius 2 is 1.75 bits per heavy atom. The fraction of sp³-hybridized carbons (Fsp3) is 0.545. The second-order valence-corrected chi connectivity index (χ2v) is 11.9. The summed E-state index contributed by atoms with van der Waals surface area (Å²) >= 11 is 0. The second kappa shape index (κ2) is 16.9. The normalized spacial score (nSPS) is 20.5. The van der Waals surface area contributed by atoms with Gasteiger partial charge in [0.25, 0.3) is 5.91 Å². The van der Waals surface area contributed by atoms with Crippen molar-refractivity contribution in [2.75, 3.05) is 44.0 Å². The minimum atomic E-state index is -0.510. The number of benzene rings is 2. The lowest BCUT2D eigenvalue weighted by molar-refractivity contribution is -0.0122. The first-order valence-electron chi connectivity index (χ1n) is 15.5. The van der Waals surface area contributed by atoms with Crippen LogP contribution >= 0.6 is 0 Å². The maximum Gasteiger partial charge on any atom is 0.323 e. The number of rotatable bonds is 7. The fourth-order valence-electron chi connectivity index (χ4n) is 4.99. The van der Waals surface area contributed by atoms with Crippen molar-refractivity contribution in [2.45, 2.75) is 78.2 Å². The number of para-hydroxylation sites is 1. The van der Waals surface area contributed by atoms with Gasteiger partial charge in [-0.15, -0.1) is 0 Å². The number of anilines is 2. The zero-order chi connectivity index (χ0) is 32.2. The maximum absolute atomic E-state index is 14.2. The summed E-state index contributed by atoms with van der Waals surface area (Å²) in [4.78, 5) is 42.8. The molecule has 0 spiro atoms. The van der Waals surface area contributed by atoms with Crippen molar-refractivity contribution in [2.24, 2.45) is 5.92 Å². The van der Waals surface area contributed by atoms with Gasteiger partial charge in [0.15, 0.2) is 0 Å². The van der Waals surface area contributed by atoms with Crippen LogP contribution in [0, 0.1) is 5.92 Å². The number of hydrogen-bond donors (Lipinski definition) is 4. The highest BCUT2D eigenvalue weighted by Gasteiger charge is 2.31. The number of aliphatic hydroxyl groups excluding tert-OH is 1. The van der Waals surface area contributed by atoms with Gasteiger partial charge in [0, 0.05) is 50.1 Å². The van der Waals surface area contributed by atoms with Crippen LogP contribution in [-0.2, 0) is 4.74 Å². The molecule has 4 N–H and O–H groups in total. The van der Waals surface area contributed by atoms with Crippen molar-refractivity contribution in [1.29, 1.82) is 0 Å². The SMILES string of the molecule is CC(C)NC(=O)N(C)C[C@H]1OCCCC[C@@H](C)Oc2ccc(NC(=O)Nc3ccccc3)cc2C(=O)N([C@H](C)CO)C[C@@H]1C. The predicted molar refractivity (Wildman–Crippen MR) is 172 cm³/mol. The Balaban J connectivity index is 1.91. The molecule has 0 radical (unpaired) electrons. The van der Waals surface area contributed by atoms with E-state index in [0.29, 0.717) is 30.3 Å². The summed E-state index contributed by atoms with van der Waals surface area (Å²) in [7, 11) is 1.73. The van der Waals surface area contributed by atoms with E-state index in [2.05, 4.69) is 16.0 Å². The molecule has 3 rings (SSSR count). The van der Waals surface area contributed by atoms with Gasteiger partial charge in [-0.05, 0) is 77.3 Å². The molecule has 44 heavy (non-hydrogen) atoms. The van der Waals surface area contributed by atoms with Gasteiger partial charge in [-0.3, -0.25) is 4.79 Å². The van der Waals surface area contributed by atoms with Crippen molar-refractivity contribution in [3.63, 3.8) is 0 Å². The number of urea groups is 2. The highest BCUT2D eigenvalue weighted by atomic mass is 16.5. The zero-order valence-electron chi connectivity index (χ0n) is 26.8. The Hall–Kier alpha value is -3.83. The number of amides is 5. The Morgan fingerprint density at radius 3 is 2.43 bits per heavy atom. The van der Waals surface area contributed by atoms with Gasteiger partial charge in [0.2, 0.25) is 0 Å². The van der Waals surface area contributed by atoms with Gasteiger partial charge < -0.3 is 40.3 Å². The average Bonchev–Trinajstić information content (AvgIpc) is 2.98. The molecule has 0 bridgehead atoms. The van der Waals surface area contributed by atoms with Crippen LogP contribution in [-0.4, -0.2) is 90.5 Å². The molecular formula is C33H49N5O6. The first kappa shape index (κ1) is 34.7. The number of likely N-dealkylation sites (N-methyl/N-ethyl adjacent to an activating group) is 1. The number of ether oxygens (including phenoxy) is 2. The first-order valence-corrected chi connectivity index (χ1v) is 15.5. The molecule has 4 atom stereocenters. The predicted octanol–water partition coefficient (Wildman–Crippen LogP) is 5.18. The standard InChI is InChI=1S/C33H49N5O6/c1-22(2)34-33(42)37(6)20-30-23(3)19-38(24(4)21-39)31(40)28-18-27(36-32(41)35-26-13-8-7-9-14-26)15-16-29(28)44-25(5)12-10-11-17-43-30/h7-9,13-16,18,22-25,30,39H,10-12,17,19-21H2,1-6H3,(H,34,42)(H2,35,36,41)/t23-,24+,25+,30+/m0/s1. The highest BCUT2D eigenvalue weighted by molar-refractivity contribution is 6.02. The summed E-state index contributed by atoms with van der Waals surface area (Å²) in [5, 5.41) is 18.6. The van der Waals surface area contributed by atoms with Crippen molar-refractivity contribution in [3.05, 3.63) is 54.1 Å².